The lowest BCUT2D eigenvalue weighted by molar-refractivity contribution is -0.158. The van der Waals surface area contributed by atoms with Crippen LogP contribution in [-0.4, -0.2) is 58.4 Å². The molecule has 0 aliphatic heterocycles. The Kier molecular flexibility index (Phi) is 6.54. The highest BCUT2D eigenvalue weighted by Gasteiger charge is 2.16. The number of halogens is 1. The maximum Gasteiger partial charge on any atom is 0.246 e. The number of rotatable bonds is 7. The lowest BCUT2D eigenvalue weighted by atomic mass is 10.2. The Labute approximate surface area is 177 Å². The SMILES string of the molecule is CN(O)C(=O)CCSc1nc(-c2ccc(F)cc2)n(-c2ccc(S(C)(=O)=O)cc2)n1. The molecule has 0 radical (unpaired) electrons. The lowest BCUT2D eigenvalue weighted by Gasteiger charge is -2.07. The molecule has 0 saturated carbocycles. The van der Waals surface area contributed by atoms with Crippen molar-refractivity contribution in [3.63, 3.8) is 0 Å². The average Bonchev–Trinajstić information content (AvgIpc) is 3.12. The van der Waals surface area contributed by atoms with Crippen LogP contribution in [0.25, 0.3) is 17.1 Å². The molecule has 0 saturated heterocycles. The molecule has 158 valence electrons. The maximum absolute atomic E-state index is 13.3. The zero-order valence-corrected chi connectivity index (χ0v) is 17.8. The van der Waals surface area contributed by atoms with Gasteiger partial charge in [-0.1, -0.05) is 11.8 Å². The molecule has 0 bridgehead atoms. The fourth-order valence-electron chi connectivity index (χ4n) is 2.55. The summed E-state index contributed by atoms with van der Waals surface area (Å²) in [6.45, 7) is 0. The van der Waals surface area contributed by atoms with E-state index in [9.17, 15) is 17.6 Å². The number of nitrogens with zero attached hydrogens (tertiary/aromatic N) is 4. The van der Waals surface area contributed by atoms with Crippen molar-refractivity contribution in [3.8, 4) is 17.1 Å². The van der Waals surface area contributed by atoms with Crippen LogP contribution in [-0.2, 0) is 14.6 Å². The molecule has 1 N–H and O–H groups in total. The van der Waals surface area contributed by atoms with Gasteiger partial charge in [0, 0.05) is 31.0 Å². The van der Waals surface area contributed by atoms with Crippen molar-refractivity contribution in [1.29, 1.82) is 0 Å². The highest BCUT2D eigenvalue weighted by Crippen LogP contribution is 2.26. The van der Waals surface area contributed by atoms with Crippen LogP contribution in [0.15, 0.2) is 58.6 Å². The number of amides is 1. The van der Waals surface area contributed by atoms with Gasteiger partial charge in [0.15, 0.2) is 15.7 Å². The molecular formula is C19H19FN4O4S2. The molecule has 0 aliphatic rings. The van der Waals surface area contributed by atoms with Gasteiger partial charge in [0.25, 0.3) is 0 Å². The molecule has 3 aromatic rings. The predicted molar refractivity (Wildman–Crippen MR) is 110 cm³/mol. The second kappa shape index (κ2) is 8.94. The average molecular weight is 451 g/mol. The summed E-state index contributed by atoms with van der Waals surface area (Å²) in [5, 5.41) is 14.5. The summed E-state index contributed by atoms with van der Waals surface area (Å²) < 4.78 is 38.3. The van der Waals surface area contributed by atoms with Gasteiger partial charge in [-0.05, 0) is 48.5 Å². The molecular weight excluding hydrogens is 431 g/mol. The van der Waals surface area contributed by atoms with Gasteiger partial charge in [-0.3, -0.25) is 10.0 Å². The Morgan fingerprint density at radius 3 is 2.37 bits per heavy atom. The molecule has 0 spiro atoms. The van der Waals surface area contributed by atoms with Crippen molar-refractivity contribution in [2.24, 2.45) is 0 Å². The zero-order chi connectivity index (χ0) is 21.9. The molecule has 2 aromatic carbocycles. The van der Waals surface area contributed by atoms with Crippen LogP contribution >= 0.6 is 11.8 Å². The smallest absolute Gasteiger partial charge is 0.246 e. The van der Waals surface area contributed by atoms with Crippen LogP contribution in [0.5, 0.6) is 0 Å². The minimum Gasteiger partial charge on any atom is -0.286 e. The van der Waals surface area contributed by atoms with Crippen molar-refractivity contribution >= 4 is 27.5 Å². The minimum atomic E-state index is -3.34. The van der Waals surface area contributed by atoms with Gasteiger partial charge in [-0.2, -0.15) is 0 Å². The Balaban J connectivity index is 1.94. The molecule has 0 fully saturated rings. The summed E-state index contributed by atoms with van der Waals surface area (Å²) >= 11 is 1.23. The first kappa shape index (κ1) is 21.9. The van der Waals surface area contributed by atoms with Crippen LogP contribution in [0, 0.1) is 5.82 Å². The zero-order valence-electron chi connectivity index (χ0n) is 16.2. The third kappa shape index (κ3) is 5.23. The van der Waals surface area contributed by atoms with E-state index >= 15 is 0 Å². The molecule has 0 aliphatic carbocycles. The molecule has 1 amide bonds. The van der Waals surface area contributed by atoms with E-state index in [1.165, 1.54) is 47.8 Å². The van der Waals surface area contributed by atoms with Crippen molar-refractivity contribution < 1.29 is 22.8 Å². The van der Waals surface area contributed by atoms with Crippen molar-refractivity contribution in [3.05, 3.63) is 54.3 Å². The first-order chi connectivity index (χ1) is 14.1. The van der Waals surface area contributed by atoms with Gasteiger partial charge >= 0.3 is 0 Å². The van der Waals surface area contributed by atoms with E-state index in [2.05, 4.69) is 10.1 Å². The monoisotopic (exact) mass is 450 g/mol. The number of carbonyl (C=O) groups is 1. The van der Waals surface area contributed by atoms with E-state index < -0.39 is 15.7 Å². The second-order valence-corrected chi connectivity index (χ2v) is 9.50. The largest absolute Gasteiger partial charge is 0.286 e. The molecule has 0 atom stereocenters. The summed E-state index contributed by atoms with van der Waals surface area (Å²) in [5.41, 5.74) is 1.20. The Morgan fingerprint density at radius 1 is 1.17 bits per heavy atom. The number of aromatic nitrogens is 3. The standard InChI is InChI=1S/C19H19FN4O4S2/c1-23(26)17(25)11-12-29-19-21-18(13-3-5-14(20)6-4-13)24(22-19)15-7-9-16(10-8-15)30(2,27)28/h3-10,26H,11-12H2,1-2H3. The molecule has 3 rings (SSSR count). The normalized spacial score (nSPS) is 11.5. The van der Waals surface area contributed by atoms with Crippen molar-refractivity contribution in [1.82, 2.24) is 19.8 Å². The fourth-order valence-corrected chi connectivity index (χ4v) is 3.93. The van der Waals surface area contributed by atoms with Crippen LogP contribution in [0.2, 0.25) is 0 Å². The minimum absolute atomic E-state index is 0.0984. The Morgan fingerprint density at radius 2 is 1.80 bits per heavy atom. The van der Waals surface area contributed by atoms with Crippen LogP contribution < -0.4 is 0 Å². The van der Waals surface area contributed by atoms with Crippen molar-refractivity contribution in [2.45, 2.75) is 16.5 Å². The van der Waals surface area contributed by atoms with E-state index in [1.807, 2.05) is 0 Å². The molecule has 1 aromatic heterocycles. The third-order valence-corrected chi connectivity index (χ3v) is 6.08. The number of hydrogen-bond donors (Lipinski definition) is 1. The number of hydrogen-bond acceptors (Lipinski definition) is 7. The third-order valence-electron chi connectivity index (χ3n) is 4.11. The number of carbonyl (C=O) groups excluding carboxylic acids is 1. The van der Waals surface area contributed by atoms with E-state index in [-0.39, 0.29) is 17.1 Å². The highest BCUT2D eigenvalue weighted by molar-refractivity contribution is 7.99. The summed E-state index contributed by atoms with van der Waals surface area (Å²) in [5.74, 6) is -0.0281. The van der Waals surface area contributed by atoms with Gasteiger partial charge in [-0.25, -0.2) is 27.5 Å². The van der Waals surface area contributed by atoms with Gasteiger partial charge < -0.3 is 0 Å². The van der Waals surface area contributed by atoms with Gasteiger partial charge in [0.2, 0.25) is 11.1 Å². The second-order valence-electron chi connectivity index (χ2n) is 6.42. The summed E-state index contributed by atoms with van der Waals surface area (Å²) in [7, 11) is -2.08. The fraction of sp³-hybridized carbons (Fsp3) is 0.211. The number of sulfone groups is 1. The molecule has 11 heteroatoms. The van der Waals surface area contributed by atoms with Gasteiger partial charge in [-0.15, -0.1) is 5.10 Å². The van der Waals surface area contributed by atoms with Crippen LogP contribution in [0.4, 0.5) is 4.39 Å². The first-order valence-electron chi connectivity index (χ1n) is 8.77. The predicted octanol–water partition coefficient (Wildman–Crippen LogP) is 2.81. The molecule has 8 nitrogen and oxygen atoms in total. The highest BCUT2D eigenvalue weighted by atomic mass is 32.2. The Bertz CT molecular complexity index is 1140. The van der Waals surface area contributed by atoms with Gasteiger partial charge in [0.05, 0.1) is 10.6 Å². The number of thioether (sulfide) groups is 1. The van der Waals surface area contributed by atoms with E-state index in [4.69, 9.17) is 5.21 Å². The van der Waals surface area contributed by atoms with Crippen molar-refractivity contribution in [2.75, 3.05) is 19.1 Å². The van der Waals surface area contributed by atoms with E-state index in [0.29, 0.717) is 33.0 Å². The van der Waals surface area contributed by atoms with Crippen LogP contribution in [0.1, 0.15) is 6.42 Å². The Hall–Kier alpha value is -2.76. The summed E-state index contributed by atoms with van der Waals surface area (Å²) in [6.07, 6.45) is 1.22. The summed E-state index contributed by atoms with van der Waals surface area (Å²) in [6, 6.07) is 11.9. The van der Waals surface area contributed by atoms with E-state index in [1.54, 1.807) is 24.3 Å². The van der Waals surface area contributed by atoms with Crippen LogP contribution in [0.3, 0.4) is 0 Å². The first-order valence-corrected chi connectivity index (χ1v) is 11.6. The quantitative estimate of drug-likeness (QED) is 0.335. The maximum atomic E-state index is 13.3. The van der Waals surface area contributed by atoms with Gasteiger partial charge in [0.1, 0.15) is 5.82 Å². The lowest BCUT2D eigenvalue weighted by Crippen LogP contribution is -2.22. The molecule has 1 heterocycles. The van der Waals surface area contributed by atoms with E-state index in [0.717, 1.165) is 6.26 Å². The number of hydroxylamine groups is 2. The summed E-state index contributed by atoms with van der Waals surface area (Å²) in [4.78, 5) is 16.2. The molecule has 30 heavy (non-hydrogen) atoms. The number of benzene rings is 2. The molecule has 0 unspecified atom stereocenters. The topological polar surface area (TPSA) is 105 Å².